The summed E-state index contributed by atoms with van der Waals surface area (Å²) in [5, 5.41) is 1.65. The number of thiophene rings is 1. The highest BCUT2D eigenvalue weighted by molar-refractivity contribution is 7.18. The van der Waals surface area contributed by atoms with Crippen LogP contribution in [0.1, 0.15) is 9.67 Å². The first kappa shape index (κ1) is 9.96. The number of morpholine rings is 1. The lowest BCUT2D eigenvalue weighted by Crippen LogP contribution is -2.35. The predicted octanol–water partition coefficient (Wildman–Crippen LogP) is 2.05. The molecule has 0 N–H and O–H groups in total. The molecule has 1 aromatic heterocycles. The molecule has 3 nitrogen and oxygen atoms in total. The highest BCUT2D eigenvalue weighted by atomic mass is 35.5. The number of hydrogen-bond acceptors (Lipinski definition) is 4. The van der Waals surface area contributed by atoms with Gasteiger partial charge in [-0.3, -0.25) is 4.79 Å². The average molecular weight is 232 g/mol. The van der Waals surface area contributed by atoms with Crippen molar-refractivity contribution < 1.29 is 9.53 Å². The Balaban J connectivity index is 2.20. The third kappa shape index (κ3) is 1.92. The fourth-order valence-corrected chi connectivity index (χ4v) is 2.75. The molecule has 76 valence electrons. The van der Waals surface area contributed by atoms with Crippen LogP contribution in [-0.2, 0) is 4.74 Å². The first-order chi connectivity index (χ1) is 6.81. The molecule has 1 aliphatic rings. The number of carbonyl (C=O) groups is 1. The lowest BCUT2D eigenvalue weighted by Gasteiger charge is -2.27. The Morgan fingerprint density at radius 1 is 1.50 bits per heavy atom. The molecule has 0 unspecified atom stereocenters. The number of nitrogens with zero attached hydrogens (tertiary/aromatic N) is 1. The van der Waals surface area contributed by atoms with E-state index in [2.05, 4.69) is 4.90 Å². The Bertz CT molecular complexity index is 334. The van der Waals surface area contributed by atoms with Gasteiger partial charge in [-0.05, 0) is 6.07 Å². The van der Waals surface area contributed by atoms with E-state index in [-0.39, 0.29) is 0 Å². The number of anilines is 1. The Labute approximate surface area is 91.2 Å². The minimum absolute atomic E-state index is 0.666. The number of carbonyl (C=O) groups excluding carboxylic acids is 1. The van der Waals surface area contributed by atoms with Gasteiger partial charge in [0, 0.05) is 13.1 Å². The number of halogens is 1. The second-order valence-electron chi connectivity index (χ2n) is 3.02. The number of rotatable bonds is 2. The highest BCUT2D eigenvalue weighted by Crippen LogP contribution is 2.35. The van der Waals surface area contributed by atoms with Gasteiger partial charge in [0.05, 0.1) is 23.1 Å². The van der Waals surface area contributed by atoms with Gasteiger partial charge in [-0.25, -0.2) is 0 Å². The summed E-state index contributed by atoms with van der Waals surface area (Å²) in [5.41, 5.74) is 0. The number of hydrogen-bond donors (Lipinski definition) is 0. The van der Waals surface area contributed by atoms with Crippen molar-refractivity contribution in [2.75, 3.05) is 31.2 Å². The molecule has 1 saturated heterocycles. The van der Waals surface area contributed by atoms with Crippen LogP contribution in [0.4, 0.5) is 5.00 Å². The molecular formula is C9H10ClNO2S. The fourth-order valence-electron chi connectivity index (χ4n) is 1.42. The van der Waals surface area contributed by atoms with Crippen molar-refractivity contribution >= 4 is 34.2 Å². The largest absolute Gasteiger partial charge is 0.378 e. The number of ether oxygens (including phenoxy) is 1. The van der Waals surface area contributed by atoms with Crippen LogP contribution in [-0.4, -0.2) is 32.6 Å². The van der Waals surface area contributed by atoms with Gasteiger partial charge >= 0.3 is 0 Å². The summed E-state index contributed by atoms with van der Waals surface area (Å²) in [4.78, 5) is 13.4. The summed E-state index contributed by atoms with van der Waals surface area (Å²) in [6, 6.07) is 1.71. The molecule has 0 amide bonds. The zero-order valence-corrected chi connectivity index (χ0v) is 9.11. The van der Waals surface area contributed by atoms with Crippen LogP contribution in [0.15, 0.2) is 6.07 Å². The molecule has 0 aromatic carbocycles. The third-order valence-electron chi connectivity index (χ3n) is 2.10. The molecule has 1 aliphatic heterocycles. The Morgan fingerprint density at radius 3 is 2.79 bits per heavy atom. The quantitative estimate of drug-likeness (QED) is 0.730. The third-order valence-corrected chi connectivity index (χ3v) is 3.62. The molecule has 0 bridgehead atoms. The van der Waals surface area contributed by atoms with Crippen molar-refractivity contribution in [2.45, 2.75) is 0 Å². The maximum atomic E-state index is 10.6. The SMILES string of the molecule is O=Cc1cc(Cl)c(N2CCOCC2)s1. The normalized spacial score (nSPS) is 17.1. The summed E-state index contributed by atoms with van der Waals surface area (Å²) >= 11 is 7.46. The van der Waals surface area contributed by atoms with Crippen LogP contribution in [0, 0.1) is 0 Å². The van der Waals surface area contributed by atoms with Crippen LogP contribution < -0.4 is 4.90 Å². The van der Waals surface area contributed by atoms with E-state index in [9.17, 15) is 4.79 Å². The topological polar surface area (TPSA) is 29.5 Å². The summed E-state index contributed by atoms with van der Waals surface area (Å²) < 4.78 is 5.24. The van der Waals surface area contributed by atoms with Crippen LogP contribution in [0.5, 0.6) is 0 Å². The van der Waals surface area contributed by atoms with Crippen LogP contribution >= 0.6 is 22.9 Å². The standard InChI is InChI=1S/C9H10ClNO2S/c10-8-5-7(6-12)14-9(8)11-1-3-13-4-2-11/h5-6H,1-4H2. The lowest BCUT2D eigenvalue weighted by atomic mass is 10.4. The second kappa shape index (κ2) is 4.29. The Kier molecular flexibility index (Phi) is 3.05. The molecule has 14 heavy (non-hydrogen) atoms. The van der Waals surface area contributed by atoms with Crippen LogP contribution in [0.2, 0.25) is 5.02 Å². The molecule has 0 saturated carbocycles. The van der Waals surface area contributed by atoms with Crippen molar-refractivity contribution in [3.63, 3.8) is 0 Å². The zero-order chi connectivity index (χ0) is 9.97. The maximum Gasteiger partial charge on any atom is 0.160 e. The molecule has 1 fully saturated rings. The van der Waals surface area contributed by atoms with Crippen LogP contribution in [0.25, 0.3) is 0 Å². The summed E-state index contributed by atoms with van der Waals surface area (Å²) in [5.74, 6) is 0. The van der Waals surface area contributed by atoms with E-state index in [1.165, 1.54) is 11.3 Å². The van der Waals surface area contributed by atoms with Gasteiger partial charge in [-0.2, -0.15) is 0 Å². The van der Waals surface area contributed by atoms with Gasteiger partial charge in [-0.15, -0.1) is 11.3 Å². The molecule has 0 spiro atoms. The van der Waals surface area contributed by atoms with E-state index in [0.717, 1.165) is 37.6 Å². The maximum absolute atomic E-state index is 10.6. The van der Waals surface area contributed by atoms with Crippen molar-refractivity contribution in [3.8, 4) is 0 Å². The van der Waals surface area contributed by atoms with Crippen molar-refractivity contribution in [3.05, 3.63) is 16.0 Å². The van der Waals surface area contributed by atoms with Gasteiger partial charge in [0.2, 0.25) is 0 Å². The zero-order valence-electron chi connectivity index (χ0n) is 7.53. The molecule has 0 aliphatic carbocycles. The molecule has 2 heterocycles. The monoisotopic (exact) mass is 231 g/mol. The van der Waals surface area contributed by atoms with Crippen LogP contribution in [0.3, 0.4) is 0 Å². The van der Waals surface area contributed by atoms with Gasteiger partial charge in [-0.1, -0.05) is 11.6 Å². The second-order valence-corrected chi connectivity index (χ2v) is 4.49. The summed E-state index contributed by atoms with van der Waals surface area (Å²) in [6.45, 7) is 3.15. The highest BCUT2D eigenvalue weighted by Gasteiger charge is 2.16. The van der Waals surface area contributed by atoms with Crippen molar-refractivity contribution in [2.24, 2.45) is 0 Å². The fraction of sp³-hybridized carbons (Fsp3) is 0.444. The smallest absolute Gasteiger partial charge is 0.160 e. The molecule has 5 heteroatoms. The minimum Gasteiger partial charge on any atom is -0.378 e. The Morgan fingerprint density at radius 2 is 2.21 bits per heavy atom. The molecule has 2 rings (SSSR count). The van der Waals surface area contributed by atoms with E-state index in [4.69, 9.17) is 16.3 Å². The molecule has 0 atom stereocenters. The Hall–Kier alpha value is -0.580. The minimum atomic E-state index is 0.666. The number of aldehydes is 1. The van der Waals surface area contributed by atoms with E-state index < -0.39 is 0 Å². The molecule has 0 radical (unpaired) electrons. The van der Waals surface area contributed by atoms with Gasteiger partial charge in [0.15, 0.2) is 6.29 Å². The van der Waals surface area contributed by atoms with Gasteiger partial charge in [0.25, 0.3) is 0 Å². The first-order valence-corrected chi connectivity index (χ1v) is 5.58. The predicted molar refractivity (Wildman–Crippen MR) is 57.7 cm³/mol. The van der Waals surface area contributed by atoms with Crippen molar-refractivity contribution in [1.29, 1.82) is 0 Å². The van der Waals surface area contributed by atoms with E-state index in [1.807, 2.05) is 0 Å². The molecule has 1 aromatic rings. The van der Waals surface area contributed by atoms with Crippen molar-refractivity contribution in [1.82, 2.24) is 0 Å². The van der Waals surface area contributed by atoms with E-state index in [0.29, 0.717) is 9.90 Å². The summed E-state index contributed by atoms with van der Waals surface area (Å²) in [6.07, 6.45) is 0.834. The lowest BCUT2D eigenvalue weighted by molar-refractivity contribution is 0.112. The summed E-state index contributed by atoms with van der Waals surface area (Å²) in [7, 11) is 0. The van der Waals surface area contributed by atoms with E-state index >= 15 is 0 Å². The average Bonchev–Trinajstić information content (AvgIpc) is 2.61. The first-order valence-electron chi connectivity index (χ1n) is 4.38. The van der Waals surface area contributed by atoms with Gasteiger partial charge in [0.1, 0.15) is 5.00 Å². The van der Waals surface area contributed by atoms with E-state index in [1.54, 1.807) is 6.07 Å². The van der Waals surface area contributed by atoms with Gasteiger partial charge < -0.3 is 9.64 Å². The molecular weight excluding hydrogens is 222 g/mol.